The van der Waals surface area contributed by atoms with E-state index in [4.69, 9.17) is 18.9 Å². The van der Waals surface area contributed by atoms with Gasteiger partial charge in [0.2, 0.25) is 5.75 Å². The number of carbonyl (C=O) groups excluding carboxylic acids is 2. The van der Waals surface area contributed by atoms with E-state index in [2.05, 4.69) is 15.5 Å². The Bertz CT molecular complexity index is 832. The number of hydrogen-bond acceptors (Lipinski definition) is 7. The van der Waals surface area contributed by atoms with Gasteiger partial charge in [-0.3, -0.25) is 4.90 Å². The van der Waals surface area contributed by atoms with Crippen LogP contribution in [0.3, 0.4) is 0 Å². The van der Waals surface area contributed by atoms with Gasteiger partial charge in [0.25, 0.3) is 0 Å². The van der Waals surface area contributed by atoms with Crippen LogP contribution in [0.4, 0.5) is 4.79 Å². The first-order valence-electron chi connectivity index (χ1n) is 10.0. The van der Waals surface area contributed by atoms with Crippen molar-refractivity contribution < 1.29 is 28.5 Å². The first-order chi connectivity index (χ1) is 14.5. The van der Waals surface area contributed by atoms with Crippen molar-refractivity contribution in [2.24, 2.45) is 0 Å². The highest BCUT2D eigenvalue weighted by atomic mass is 16.5. The normalized spacial score (nSPS) is 19.2. The number of likely N-dealkylation sites (tertiary alicyclic amines) is 1. The molecule has 1 fully saturated rings. The highest BCUT2D eigenvalue weighted by Crippen LogP contribution is 2.44. The average Bonchev–Trinajstić information content (AvgIpc) is 3.25. The van der Waals surface area contributed by atoms with Crippen LogP contribution >= 0.6 is 0 Å². The monoisotopic (exact) mass is 419 g/mol. The molecule has 1 aromatic carbocycles. The number of ether oxygens (including phenoxy) is 4. The van der Waals surface area contributed by atoms with E-state index < -0.39 is 12.0 Å². The SMILES string of the molecule is CCOC(=O)C1=C(CN2CCCC2)NC(=O)N[C@@H]1c1ccc(OC)c(OC)c1OC. The largest absolute Gasteiger partial charge is 0.493 e. The Morgan fingerprint density at radius 2 is 1.80 bits per heavy atom. The fourth-order valence-electron chi connectivity index (χ4n) is 3.94. The van der Waals surface area contributed by atoms with Gasteiger partial charge < -0.3 is 29.6 Å². The Morgan fingerprint density at radius 3 is 2.40 bits per heavy atom. The Morgan fingerprint density at radius 1 is 1.10 bits per heavy atom. The molecule has 0 spiro atoms. The predicted octanol–water partition coefficient (Wildman–Crippen LogP) is 1.98. The Kier molecular flexibility index (Phi) is 7.04. The maximum atomic E-state index is 13.0. The van der Waals surface area contributed by atoms with Gasteiger partial charge in [-0.2, -0.15) is 0 Å². The number of urea groups is 1. The van der Waals surface area contributed by atoms with Crippen LogP contribution < -0.4 is 24.8 Å². The van der Waals surface area contributed by atoms with Gasteiger partial charge in [0.1, 0.15) is 0 Å². The van der Waals surface area contributed by atoms with E-state index in [0.717, 1.165) is 25.9 Å². The lowest BCUT2D eigenvalue weighted by molar-refractivity contribution is -0.139. The lowest BCUT2D eigenvalue weighted by Gasteiger charge is -2.32. The molecule has 9 heteroatoms. The van der Waals surface area contributed by atoms with Gasteiger partial charge >= 0.3 is 12.0 Å². The number of esters is 1. The molecule has 0 unspecified atom stereocenters. The van der Waals surface area contributed by atoms with E-state index >= 15 is 0 Å². The zero-order chi connectivity index (χ0) is 21.7. The Hall–Kier alpha value is -2.94. The molecule has 3 rings (SSSR count). The quantitative estimate of drug-likeness (QED) is 0.622. The third-order valence-electron chi connectivity index (χ3n) is 5.28. The minimum Gasteiger partial charge on any atom is -0.493 e. The zero-order valence-corrected chi connectivity index (χ0v) is 17.9. The molecule has 2 heterocycles. The van der Waals surface area contributed by atoms with Crippen molar-refractivity contribution in [3.8, 4) is 17.2 Å². The van der Waals surface area contributed by atoms with Crippen molar-refractivity contribution in [2.45, 2.75) is 25.8 Å². The second-order valence-corrected chi connectivity index (χ2v) is 7.05. The van der Waals surface area contributed by atoms with Gasteiger partial charge in [-0.15, -0.1) is 0 Å². The summed E-state index contributed by atoms with van der Waals surface area (Å²) in [5, 5.41) is 5.65. The van der Waals surface area contributed by atoms with Crippen LogP contribution in [-0.4, -0.2) is 64.5 Å². The van der Waals surface area contributed by atoms with Crippen LogP contribution in [0.1, 0.15) is 31.4 Å². The van der Waals surface area contributed by atoms with Crippen molar-refractivity contribution in [3.05, 3.63) is 29.0 Å². The molecular weight excluding hydrogens is 390 g/mol. The lowest BCUT2D eigenvalue weighted by Crippen LogP contribution is -2.48. The fraction of sp³-hybridized carbons (Fsp3) is 0.524. The number of rotatable bonds is 8. The van der Waals surface area contributed by atoms with E-state index in [1.54, 1.807) is 19.1 Å². The van der Waals surface area contributed by atoms with Crippen LogP contribution in [0.2, 0.25) is 0 Å². The topological polar surface area (TPSA) is 98.4 Å². The van der Waals surface area contributed by atoms with Crippen LogP contribution in [0.5, 0.6) is 17.2 Å². The van der Waals surface area contributed by atoms with Crippen LogP contribution in [0.25, 0.3) is 0 Å². The third-order valence-corrected chi connectivity index (χ3v) is 5.28. The Balaban J connectivity index is 2.12. The maximum absolute atomic E-state index is 13.0. The molecule has 2 aliphatic heterocycles. The number of benzene rings is 1. The van der Waals surface area contributed by atoms with Crippen molar-refractivity contribution >= 4 is 12.0 Å². The summed E-state index contributed by atoms with van der Waals surface area (Å²) < 4.78 is 21.8. The summed E-state index contributed by atoms with van der Waals surface area (Å²) in [5.41, 5.74) is 1.47. The second-order valence-electron chi connectivity index (χ2n) is 7.05. The van der Waals surface area contributed by atoms with Gasteiger partial charge in [-0.25, -0.2) is 9.59 Å². The van der Waals surface area contributed by atoms with Crippen molar-refractivity contribution in [2.75, 3.05) is 47.6 Å². The molecule has 0 aromatic heterocycles. The number of nitrogens with zero attached hydrogens (tertiary/aromatic N) is 1. The number of methoxy groups -OCH3 is 3. The average molecular weight is 419 g/mol. The molecule has 0 radical (unpaired) electrons. The van der Waals surface area contributed by atoms with E-state index in [0.29, 0.717) is 40.6 Å². The second kappa shape index (κ2) is 9.71. The molecule has 1 aromatic rings. The van der Waals surface area contributed by atoms with Gasteiger partial charge in [0.05, 0.1) is 39.6 Å². The highest BCUT2D eigenvalue weighted by Gasteiger charge is 2.37. The van der Waals surface area contributed by atoms with Crippen LogP contribution in [0, 0.1) is 0 Å². The molecule has 0 aliphatic carbocycles. The van der Waals surface area contributed by atoms with Crippen LogP contribution in [-0.2, 0) is 9.53 Å². The van der Waals surface area contributed by atoms with E-state index in [1.165, 1.54) is 21.3 Å². The molecule has 1 atom stereocenters. The molecular formula is C21H29N3O6. The number of nitrogens with one attached hydrogen (secondary N) is 2. The smallest absolute Gasteiger partial charge is 0.338 e. The van der Waals surface area contributed by atoms with Crippen molar-refractivity contribution in [1.82, 2.24) is 15.5 Å². The standard InChI is InChI=1S/C21H29N3O6/c1-5-30-20(25)16-14(12-24-10-6-7-11-24)22-21(26)23-17(16)13-8-9-15(27-2)19(29-4)18(13)28-3/h8-9,17H,5-7,10-12H2,1-4H3,(H2,22,23,26)/t17-/m1/s1. The summed E-state index contributed by atoms with van der Waals surface area (Å²) >= 11 is 0. The summed E-state index contributed by atoms with van der Waals surface area (Å²) in [6.07, 6.45) is 2.20. The molecule has 0 saturated carbocycles. The fourth-order valence-corrected chi connectivity index (χ4v) is 3.94. The first-order valence-corrected chi connectivity index (χ1v) is 10.0. The molecule has 9 nitrogen and oxygen atoms in total. The number of hydrogen-bond donors (Lipinski definition) is 2. The van der Waals surface area contributed by atoms with Crippen LogP contribution in [0.15, 0.2) is 23.4 Å². The molecule has 2 N–H and O–H groups in total. The summed E-state index contributed by atoms with van der Waals surface area (Å²) in [7, 11) is 4.54. The summed E-state index contributed by atoms with van der Waals surface area (Å²) in [6.45, 7) is 4.29. The van der Waals surface area contributed by atoms with Gasteiger partial charge in [0.15, 0.2) is 11.5 Å². The van der Waals surface area contributed by atoms with Crippen molar-refractivity contribution in [1.29, 1.82) is 0 Å². The first kappa shape index (κ1) is 21.8. The molecule has 164 valence electrons. The van der Waals surface area contributed by atoms with Gasteiger partial charge in [0, 0.05) is 17.8 Å². The van der Waals surface area contributed by atoms with Crippen molar-refractivity contribution in [3.63, 3.8) is 0 Å². The zero-order valence-electron chi connectivity index (χ0n) is 17.9. The van der Waals surface area contributed by atoms with E-state index in [9.17, 15) is 9.59 Å². The molecule has 2 amide bonds. The number of carbonyl (C=O) groups is 2. The van der Waals surface area contributed by atoms with Gasteiger partial charge in [-0.05, 0) is 45.0 Å². The molecule has 1 saturated heterocycles. The Labute approximate surface area is 176 Å². The summed E-state index contributed by atoms with van der Waals surface area (Å²) in [6, 6.07) is 2.32. The maximum Gasteiger partial charge on any atom is 0.338 e. The molecule has 2 aliphatic rings. The molecule has 0 bridgehead atoms. The minimum absolute atomic E-state index is 0.225. The predicted molar refractivity (Wildman–Crippen MR) is 110 cm³/mol. The summed E-state index contributed by atoms with van der Waals surface area (Å²) in [5.74, 6) is 0.763. The van der Waals surface area contributed by atoms with E-state index in [-0.39, 0.29) is 12.6 Å². The summed E-state index contributed by atoms with van der Waals surface area (Å²) in [4.78, 5) is 27.7. The number of amides is 2. The lowest BCUT2D eigenvalue weighted by atomic mass is 9.93. The molecule has 30 heavy (non-hydrogen) atoms. The third kappa shape index (κ3) is 4.30. The minimum atomic E-state index is -0.759. The highest BCUT2D eigenvalue weighted by molar-refractivity contribution is 5.95. The van der Waals surface area contributed by atoms with E-state index in [1.807, 2.05) is 0 Å². The van der Waals surface area contributed by atoms with Gasteiger partial charge in [-0.1, -0.05) is 0 Å².